The Hall–Kier alpha value is -2.63. The van der Waals surface area contributed by atoms with Crippen molar-refractivity contribution < 1.29 is 14.6 Å². The number of benzene rings is 1. The van der Waals surface area contributed by atoms with Gasteiger partial charge in [-0.2, -0.15) is 5.26 Å². The highest BCUT2D eigenvalue weighted by Gasteiger charge is 2.18. The van der Waals surface area contributed by atoms with Crippen molar-refractivity contribution in [2.45, 2.75) is 6.04 Å². The normalized spacial score (nSPS) is 11.5. The summed E-state index contributed by atoms with van der Waals surface area (Å²) in [5.41, 5.74) is 6.88. The van der Waals surface area contributed by atoms with Crippen LogP contribution in [0.1, 0.15) is 17.3 Å². The van der Waals surface area contributed by atoms with Crippen molar-refractivity contribution in [1.29, 1.82) is 5.26 Å². The van der Waals surface area contributed by atoms with E-state index >= 15 is 0 Å². The number of ether oxygens (including phenoxy) is 1. The number of methoxy groups -OCH3 is 1. The zero-order valence-corrected chi connectivity index (χ0v) is 11.8. The van der Waals surface area contributed by atoms with Crippen LogP contribution in [0.4, 0.5) is 10.8 Å². The van der Waals surface area contributed by atoms with Crippen molar-refractivity contribution >= 4 is 28.1 Å². The second kappa shape index (κ2) is 6.21. The molecule has 1 atom stereocenters. The molecule has 0 fully saturated rings. The molecule has 2 rings (SSSR count). The minimum absolute atomic E-state index is 0.280. The smallest absolute Gasteiger partial charge is 0.326 e. The molecule has 0 aliphatic heterocycles. The second-order valence-corrected chi connectivity index (χ2v) is 4.90. The summed E-state index contributed by atoms with van der Waals surface area (Å²) in [7, 11) is 1.50. The molecule has 21 heavy (non-hydrogen) atoms. The summed E-state index contributed by atoms with van der Waals surface area (Å²) in [6.45, 7) is 0. The first-order valence-electron chi connectivity index (χ1n) is 5.84. The van der Waals surface area contributed by atoms with Gasteiger partial charge in [0.2, 0.25) is 0 Å². The van der Waals surface area contributed by atoms with Crippen molar-refractivity contribution in [2.24, 2.45) is 5.73 Å². The third kappa shape index (κ3) is 3.28. The van der Waals surface area contributed by atoms with Crippen LogP contribution >= 0.6 is 11.3 Å². The number of hydrogen-bond donors (Lipinski definition) is 3. The molecule has 8 heteroatoms. The highest BCUT2D eigenvalue weighted by molar-refractivity contribution is 7.13. The van der Waals surface area contributed by atoms with E-state index in [-0.39, 0.29) is 5.69 Å². The summed E-state index contributed by atoms with van der Waals surface area (Å²) < 4.78 is 5.20. The number of aliphatic carboxylic acids is 1. The Morgan fingerprint density at radius 1 is 1.62 bits per heavy atom. The first-order chi connectivity index (χ1) is 10.0. The van der Waals surface area contributed by atoms with Crippen molar-refractivity contribution in [3.05, 3.63) is 34.8 Å². The van der Waals surface area contributed by atoms with Gasteiger partial charge >= 0.3 is 5.97 Å². The molecule has 0 aliphatic rings. The van der Waals surface area contributed by atoms with Gasteiger partial charge in [0.1, 0.15) is 11.8 Å². The summed E-state index contributed by atoms with van der Waals surface area (Å²) in [4.78, 5) is 14.9. The zero-order valence-electron chi connectivity index (χ0n) is 11.0. The predicted octanol–water partition coefficient (Wildman–Crippen LogP) is 1.85. The Morgan fingerprint density at radius 3 is 3.00 bits per heavy atom. The molecule has 1 heterocycles. The largest absolute Gasteiger partial charge is 0.495 e. The first kappa shape index (κ1) is 14.8. The lowest BCUT2D eigenvalue weighted by molar-refractivity contribution is -0.138. The summed E-state index contributed by atoms with van der Waals surface area (Å²) in [5.74, 6) is -0.642. The standard InChI is InChI=1S/C13H12N4O3S/c1-20-10-4-7(5-14)2-3-8(10)16-13-17-9(6-21-13)11(15)12(18)19/h2-4,6,11H,15H2,1H3,(H,16,17)(H,18,19). The lowest BCUT2D eigenvalue weighted by atomic mass is 10.2. The van der Waals surface area contributed by atoms with E-state index < -0.39 is 12.0 Å². The minimum Gasteiger partial charge on any atom is -0.495 e. The number of hydrogen-bond acceptors (Lipinski definition) is 7. The molecule has 108 valence electrons. The molecule has 0 saturated carbocycles. The topological polar surface area (TPSA) is 121 Å². The van der Waals surface area contributed by atoms with Crippen LogP contribution in [0.2, 0.25) is 0 Å². The van der Waals surface area contributed by atoms with Crippen LogP contribution in [-0.4, -0.2) is 23.2 Å². The van der Waals surface area contributed by atoms with Gasteiger partial charge in [-0.3, -0.25) is 4.79 Å². The molecular formula is C13H12N4O3S. The third-order valence-electron chi connectivity index (χ3n) is 2.68. The maximum atomic E-state index is 10.8. The van der Waals surface area contributed by atoms with Gasteiger partial charge in [-0.15, -0.1) is 11.3 Å². The number of nitrogens with zero attached hydrogens (tertiary/aromatic N) is 2. The maximum absolute atomic E-state index is 10.8. The van der Waals surface area contributed by atoms with E-state index in [9.17, 15) is 4.79 Å². The van der Waals surface area contributed by atoms with Gasteiger partial charge in [-0.25, -0.2) is 4.98 Å². The monoisotopic (exact) mass is 304 g/mol. The third-order valence-corrected chi connectivity index (χ3v) is 3.45. The number of nitrogens with one attached hydrogen (secondary N) is 1. The molecule has 4 N–H and O–H groups in total. The summed E-state index contributed by atoms with van der Waals surface area (Å²) in [5, 5.41) is 22.8. The minimum atomic E-state index is -1.15. The number of aromatic nitrogens is 1. The Balaban J connectivity index is 2.23. The molecule has 7 nitrogen and oxygen atoms in total. The van der Waals surface area contributed by atoms with Crippen molar-refractivity contribution in [3.63, 3.8) is 0 Å². The van der Waals surface area contributed by atoms with E-state index in [1.54, 1.807) is 23.6 Å². The molecule has 0 spiro atoms. The van der Waals surface area contributed by atoms with E-state index in [0.717, 1.165) is 0 Å². The number of nitrogens with two attached hydrogens (primary N) is 1. The molecule has 1 aromatic carbocycles. The van der Waals surface area contributed by atoms with Crippen LogP contribution in [-0.2, 0) is 4.79 Å². The predicted molar refractivity (Wildman–Crippen MR) is 77.7 cm³/mol. The van der Waals surface area contributed by atoms with E-state index in [1.807, 2.05) is 6.07 Å². The second-order valence-electron chi connectivity index (χ2n) is 4.05. The highest BCUT2D eigenvalue weighted by Crippen LogP contribution is 2.30. The van der Waals surface area contributed by atoms with Crippen LogP contribution in [0.5, 0.6) is 5.75 Å². The Morgan fingerprint density at radius 2 is 2.38 bits per heavy atom. The zero-order chi connectivity index (χ0) is 15.4. The van der Waals surface area contributed by atoms with Crippen LogP contribution in [0.3, 0.4) is 0 Å². The fourth-order valence-electron chi connectivity index (χ4n) is 1.59. The van der Waals surface area contributed by atoms with E-state index in [1.165, 1.54) is 18.4 Å². The fraction of sp³-hybridized carbons (Fsp3) is 0.154. The number of anilines is 2. The van der Waals surface area contributed by atoms with Crippen LogP contribution in [0, 0.1) is 11.3 Å². The van der Waals surface area contributed by atoms with Gasteiger partial charge < -0.3 is 20.9 Å². The average Bonchev–Trinajstić information content (AvgIpc) is 2.95. The average molecular weight is 304 g/mol. The van der Waals surface area contributed by atoms with Crippen LogP contribution in [0.15, 0.2) is 23.6 Å². The number of carboxylic acid groups (broad SMARTS) is 1. The molecule has 0 bridgehead atoms. The SMILES string of the molecule is COc1cc(C#N)ccc1Nc1nc(C(N)C(=O)O)cs1. The Kier molecular flexibility index (Phi) is 4.37. The lowest BCUT2D eigenvalue weighted by Crippen LogP contribution is -2.20. The number of nitriles is 1. The summed E-state index contributed by atoms with van der Waals surface area (Å²) in [6.07, 6.45) is 0. The Labute approximate surface area is 124 Å². The first-order valence-corrected chi connectivity index (χ1v) is 6.72. The summed E-state index contributed by atoms with van der Waals surface area (Å²) in [6, 6.07) is 5.80. The molecule has 0 saturated heterocycles. The van der Waals surface area contributed by atoms with Gasteiger partial charge in [0, 0.05) is 11.4 Å². The molecule has 2 aromatic rings. The quantitative estimate of drug-likeness (QED) is 0.770. The summed E-state index contributed by atoms with van der Waals surface area (Å²) >= 11 is 1.23. The van der Waals surface area contributed by atoms with Crippen LogP contribution in [0.25, 0.3) is 0 Å². The molecule has 0 amide bonds. The number of thiazole rings is 1. The maximum Gasteiger partial charge on any atom is 0.326 e. The van der Waals surface area contributed by atoms with Crippen molar-refractivity contribution in [3.8, 4) is 11.8 Å². The lowest BCUT2D eigenvalue weighted by Gasteiger charge is -2.09. The number of rotatable bonds is 5. The van der Waals surface area contributed by atoms with Gasteiger partial charge in [-0.05, 0) is 12.1 Å². The molecule has 1 unspecified atom stereocenters. The van der Waals surface area contributed by atoms with Gasteiger partial charge in [-0.1, -0.05) is 0 Å². The van der Waals surface area contributed by atoms with E-state index in [4.69, 9.17) is 20.8 Å². The molecule has 0 aliphatic carbocycles. The van der Waals surface area contributed by atoms with Crippen LogP contribution < -0.4 is 15.8 Å². The highest BCUT2D eigenvalue weighted by atomic mass is 32.1. The number of carbonyl (C=O) groups is 1. The molecular weight excluding hydrogens is 292 g/mol. The molecule has 0 radical (unpaired) electrons. The molecule has 1 aromatic heterocycles. The van der Waals surface area contributed by atoms with Gasteiger partial charge in [0.15, 0.2) is 5.13 Å². The van der Waals surface area contributed by atoms with Gasteiger partial charge in [0.05, 0.1) is 30.1 Å². The fourth-order valence-corrected chi connectivity index (χ4v) is 2.35. The Bertz CT molecular complexity index is 708. The van der Waals surface area contributed by atoms with Gasteiger partial charge in [0.25, 0.3) is 0 Å². The number of carboxylic acids is 1. The van der Waals surface area contributed by atoms with E-state index in [0.29, 0.717) is 22.1 Å². The van der Waals surface area contributed by atoms with E-state index in [2.05, 4.69) is 10.3 Å². The van der Waals surface area contributed by atoms with Crippen molar-refractivity contribution in [2.75, 3.05) is 12.4 Å². The van der Waals surface area contributed by atoms with Crippen molar-refractivity contribution in [1.82, 2.24) is 4.98 Å².